The average Bonchev–Trinajstić information content (AvgIpc) is 3.20. The zero-order chi connectivity index (χ0) is 21.8. The van der Waals surface area contributed by atoms with E-state index in [2.05, 4.69) is 89.2 Å². The van der Waals surface area contributed by atoms with Crippen molar-refractivity contribution in [2.24, 2.45) is 0 Å². The van der Waals surface area contributed by atoms with Crippen molar-refractivity contribution in [3.63, 3.8) is 0 Å². The fourth-order valence-electron chi connectivity index (χ4n) is 4.11. The van der Waals surface area contributed by atoms with E-state index in [0.717, 1.165) is 33.3 Å². The van der Waals surface area contributed by atoms with Gasteiger partial charge in [-0.05, 0) is 63.3 Å². The molecule has 0 amide bonds. The van der Waals surface area contributed by atoms with Crippen LogP contribution in [0.4, 0.5) is 0 Å². The Bertz CT molecular complexity index is 1240. The summed E-state index contributed by atoms with van der Waals surface area (Å²) < 4.78 is 18.8. The van der Waals surface area contributed by atoms with E-state index >= 15 is 0 Å². The minimum absolute atomic E-state index is 0.360. The molecule has 0 bridgehead atoms. The van der Waals surface area contributed by atoms with Crippen LogP contribution in [0.1, 0.15) is 33.3 Å². The fourth-order valence-corrected chi connectivity index (χ4v) is 4.11. The molecule has 0 atom stereocenters. The molecule has 31 heavy (non-hydrogen) atoms. The third kappa shape index (κ3) is 3.40. The molecule has 0 radical (unpaired) electrons. The van der Waals surface area contributed by atoms with Crippen molar-refractivity contribution in [3.8, 4) is 22.5 Å². The molecule has 3 aromatic carbocycles. The van der Waals surface area contributed by atoms with Crippen LogP contribution in [0.5, 0.6) is 0 Å². The van der Waals surface area contributed by atoms with Crippen LogP contribution < -0.4 is 5.46 Å². The summed E-state index contributed by atoms with van der Waals surface area (Å²) in [7, 11) is -0.381. The fraction of sp³-hybridized carbons (Fsp3) is 0.259. The first kappa shape index (κ1) is 20.1. The number of furan rings is 1. The van der Waals surface area contributed by atoms with Gasteiger partial charge in [-0.3, -0.25) is 0 Å². The van der Waals surface area contributed by atoms with Crippen molar-refractivity contribution in [2.45, 2.75) is 45.8 Å². The van der Waals surface area contributed by atoms with Gasteiger partial charge in [-0.2, -0.15) is 0 Å². The van der Waals surface area contributed by atoms with E-state index in [-0.39, 0.29) is 18.3 Å². The zero-order valence-electron chi connectivity index (χ0n) is 18.7. The van der Waals surface area contributed by atoms with Crippen LogP contribution in [0.15, 0.2) is 77.2 Å². The zero-order valence-corrected chi connectivity index (χ0v) is 18.7. The second-order valence-corrected chi connectivity index (χ2v) is 9.35. The van der Waals surface area contributed by atoms with Crippen molar-refractivity contribution >= 4 is 23.6 Å². The lowest BCUT2D eigenvalue weighted by Gasteiger charge is -2.32. The van der Waals surface area contributed by atoms with Gasteiger partial charge in [0.25, 0.3) is 0 Å². The minimum atomic E-state index is -0.381. The molecule has 4 aromatic rings. The summed E-state index contributed by atoms with van der Waals surface area (Å²) in [5.41, 5.74) is 5.74. The Balaban J connectivity index is 1.53. The van der Waals surface area contributed by atoms with Gasteiger partial charge in [0.15, 0.2) is 0 Å². The predicted octanol–water partition coefficient (Wildman–Crippen LogP) is 6.37. The van der Waals surface area contributed by atoms with E-state index in [9.17, 15) is 0 Å². The van der Waals surface area contributed by atoms with Crippen LogP contribution in [0.3, 0.4) is 0 Å². The molecule has 3 nitrogen and oxygen atoms in total. The molecule has 1 aliphatic heterocycles. The highest BCUT2D eigenvalue weighted by Gasteiger charge is 2.51. The van der Waals surface area contributed by atoms with Crippen LogP contribution in [-0.2, 0) is 9.31 Å². The Morgan fingerprint density at radius 2 is 1.32 bits per heavy atom. The van der Waals surface area contributed by atoms with E-state index < -0.39 is 0 Å². The van der Waals surface area contributed by atoms with Gasteiger partial charge >= 0.3 is 7.12 Å². The summed E-state index contributed by atoms with van der Waals surface area (Å²) in [6.45, 7) is 10.4. The Kier molecular flexibility index (Phi) is 4.61. The molecular formula is C27H27BO3. The molecule has 0 spiro atoms. The lowest BCUT2D eigenvalue weighted by Crippen LogP contribution is -2.41. The van der Waals surface area contributed by atoms with E-state index in [0.29, 0.717) is 0 Å². The maximum Gasteiger partial charge on any atom is 0.494 e. The first-order chi connectivity index (χ1) is 14.7. The molecule has 1 aromatic heterocycles. The van der Waals surface area contributed by atoms with Crippen molar-refractivity contribution in [3.05, 3.63) is 78.4 Å². The molecule has 1 fully saturated rings. The van der Waals surface area contributed by atoms with Gasteiger partial charge in [-0.25, -0.2) is 0 Å². The third-order valence-electron chi connectivity index (χ3n) is 6.72. The molecule has 5 rings (SSSR count). The second-order valence-electron chi connectivity index (χ2n) is 9.35. The van der Waals surface area contributed by atoms with E-state index in [1.54, 1.807) is 0 Å². The highest BCUT2D eigenvalue weighted by Crippen LogP contribution is 2.38. The van der Waals surface area contributed by atoms with Gasteiger partial charge in [0.05, 0.1) is 11.2 Å². The Morgan fingerprint density at radius 1 is 0.677 bits per heavy atom. The topological polar surface area (TPSA) is 31.6 Å². The predicted molar refractivity (Wildman–Crippen MR) is 128 cm³/mol. The average molecular weight is 410 g/mol. The first-order valence-corrected chi connectivity index (χ1v) is 10.8. The van der Waals surface area contributed by atoms with Crippen LogP contribution in [0, 0.1) is 6.92 Å². The third-order valence-corrected chi connectivity index (χ3v) is 6.72. The van der Waals surface area contributed by atoms with Crippen molar-refractivity contribution in [1.29, 1.82) is 0 Å². The molecule has 0 unspecified atom stereocenters. The standard InChI is InChI=1S/C27H27BO3/c1-18-23-17-22(28-30-26(2,3)27(4,5)31-28)14-15-24(23)29-25(18)21-13-9-12-20(16-21)19-10-7-6-8-11-19/h6-17H,1-5H3. The van der Waals surface area contributed by atoms with E-state index in [1.165, 1.54) is 11.1 Å². The molecule has 1 aliphatic rings. The summed E-state index contributed by atoms with van der Waals surface area (Å²) in [4.78, 5) is 0. The van der Waals surface area contributed by atoms with Gasteiger partial charge in [-0.1, -0.05) is 60.7 Å². The molecule has 0 N–H and O–H groups in total. The quantitative estimate of drug-likeness (QED) is 0.368. The van der Waals surface area contributed by atoms with Crippen LogP contribution in [0.25, 0.3) is 33.4 Å². The SMILES string of the molecule is Cc1c(-c2cccc(-c3ccccc3)c2)oc2ccc(B3OC(C)(C)C(C)(C)O3)cc12. The van der Waals surface area contributed by atoms with Gasteiger partial charge in [0, 0.05) is 16.5 Å². The highest BCUT2D eigenvalue weighted by atomic mass is 16.7. The van der Waals surface area contributed by atoms with Crippen LogP contribution in [0.2, 0.25) is 0 Å². The van der Waals surface area contributed by atoms with Gasteiger partial charge < -0.3 is 13.7 Å². The Labute approximate surface area is 184 Å². The molecule has 2 heterocycles. The molecule has 0 saturated carbocycles. The number of fused-ring (bicyclic) bond motifs is 1. The minimum Gasteiger partial charge on any atom is -0.456 e. The number of hydrogen-bond donors (Lipinski definition) is 0. The number of aryl methyl sites for hydroxylation is 1. The summed E-state index contributed by atoms with van der Waals surface area (Å²) in [6, 6.07) is 25.1. The molecule has 1 saturated heterocycles. The van der Waals surface area contributed by atoms with Gasteiger partial charge in [-0.15, -0.1) is 0 Å². The summed E-state index contributed by atoms with van der Waals surface area (Å²) in [5.74, 6) is 0.902. The van der Waals surface area contributed by atoms with Crippen molar-refractivity contribution in [1.82, 2.24) is 0 Å². The van der Waals surface area contributed by atoms with Gasteiger partial charge in [0.1, 0.15) is 11.3 Å². The number of benzene rings is 3. The Morgan fingerprint density at radius 3 is 2.03 bits per heavy atom. The van der Waals surface area contributed by atoms with Crippen LogP contribution >= 0.6 is 0 Å². The molecule has 4 heteroatoms. The smallest absolute Gasteiger partial charge is 0.456 e. The normalized spacial score (nSPS) is 17.4. The summed E-state index contributed by atoms with van der Waals surface area (Å²) >= 11 is 0. The lowest BCUT2D eigenvalue weighted by atomic mass is 9.78. The Hall–Kier alpha value is -2.82. The van der Waals surface area contributed by atoms with Crippen molar-refractivity contribution in [2.75, 3.05) is 0 Å². The highest BCUT2D eigenvalue weighted by molar-refractivity contribution is 6.62. The monoisotopic (exact) mass is 410 g/mol. The molecular weight excluding hydrogens is 383 g/mol. The maximum absolute atomic E-state index is 6.29. The summed E-state index contributed by atoms with van der Waals surface area (Å²) in [5, 5.41) is 1.09. The first-order valence-electron chi connectivity index (χ1n) is 10.8. The van der Waals surface area contributed by atoms with E-state index in [1.807, 2.05) is 18.2 Å². The largest absolute Gasteiger partial charge is 0.494 e. The maximum atomic E-state index is 6.29. The lowest BCUT2D eigenvalue weighted by molar-refractivity contribution is 0.00578. The summed E-state index contributed by atoms with van der Waals surface area (Å²) in [6.07, 6.45) is 0. The second kappa shape index (κ2) is 7.11. The molecule has 156 valence electrons. The van der Waals surface area contributed by atoms with Gasteiger partial charge in [0.2, 0.25) is 0 Å². The van der Waals surface area contributed by atoms with Crippen LogP contribution in [-0.4, -0.2) is 18.3 Å². The molecule has 0 aliphatic carbocycles. The van der Waals surface area contributed by atoms with E-state index in [4.69, 9.17) is 13.7 Å². The number of rotatable bonds is 3. The number of hydrogen-bond acceptors (Lipinski definition) is 3. The van der Waals surface area contributed by atoms with Crippen molar-refractivity contribution < 1.29 is 13.7 Å².